The summed E-state index contributed by atoms with van der Waals surface area (Å²) in [5, 5.41) is 8.46. The lowest BCUT2D eigenvalue weighted by atomic mass is 9.93. The molecule has 1 amide bonds. The van der Waals surface area contributed by atoms with Crippen LogP contribution in [-0.4, -0.2) is 44.4 Å². The fourth-order valence-electron chi connectivity index (χ4n) is 3.19. The SMILES string of the molecule is Cn1c(C2CCN(C(=O)OC(C)(C)C)CC2)cc2nnc(Cl)cc21. The lowest BCUT2D eigenvalue weighted by molar-refractivity contribution is 0.0203. The Balaban J connectivity index is 1.71. The summed E-state index contributed by atoms with van der Waals surface area (Å²) in [5.41, 5.74) is 2.60. The Labute approximate surface area is 146 Å². The highest BCUT2D eigenvalue weighted by molar-refractivity contribution is 6.29. The van der Waals surface area contributed by atoms with Crippen molar-refractivity contribution in [1.82, 2.24) is 19.7 Å². The fraction of sp³-hybridized carbons (Fsp3) is 0.588. The molecule has 0 N–H and O–H groups in total. The number of hydrogen-bond acceptors (Lipinski definition) is 4. The van der Waals surface area contributed by atoms with Crippen LogP contribution in [0, 0.1) is 0 Å². The van der Waals surface area contributed by atoms with Crippen molar-refractivity contribution in [3.63, 3.8) is 0 Å². The second-order valence-corrected chi connectivity index (χ2v) is 7.69. The first-order chi connectivity index (χ1) is 11.2. The maximum atomic E-state index is 12.2. The summed E-state index contributed by atoms with van der Waals surface area (Å²) >= 11 is 5.95. The number of piperidine rings is 1. The molecule has 1 saturated heterocycles. The summed E-state index contributed by atoms with van der Waals surface area (Å²) in [6, 6.07) is 3.91. The molecule has 6 nitrogen and oxygen atoms in total. The van der Waals surface area contributed by atoms with Gasteiger partial charge in [-0.3, -0.25) is 0 Å². The molecule has 1 aliphatic heterocycles. The summed E-state index contributed by atoms with van der Waals surface area (Å²) in [4.78, 5) is 14.0. The van der Waals surface area contributed by atoms with Crippen LogP contribution < -0.4 is 0 Å². The van der Waals surface area contributed by atoms with Crippen molar-refractivity contribution >= 4 is 28.7 Å². The molecule has 1 aliphatic rings. The number of aromatic nitrogens is 3. The molecular weight excluding hydrogens is 328 g/mol. The Bertz CT molecular complexity index is 758. The molecule has 3 rings (SSSR count). The number of rotatable bonds is 1. The average molecular weight is 351 g/mol. The van der Waals surface area contributed by atoms with E-state index in [-0.39, 0.29) is 6.09 Å². The fourth-order valence-corrected chi connectivity index (χ4v) is 3.33. The third kappa shape index (κ3) is 3.48. The lowest BCUT2D eigenvalue weighted by Crippen LogP contribution is -2.41. The van der Waals surface area contributed by atoms with E-state index in [9.17, 15) is 4.79 Å². The van der Waals surface area contributed by atoms with E-state index in [1.807, 2.05) is 33.9 Å². The van der Waals surface area contributed by atoms with Gasteiger partial charge in [-0.05, 0) is 39.7 Å². The number of fused-ring (bicyclic) bond motifs is 1. The Morgan fingerprint density at radius 1 is 1.25 bits per heavy atom. The number of carbonyl (C=O) groups is 1. The summed E-state index contributed by atoms with van der Waals surface area (Å²) < 4.78 is 7.58. The largest absolute Gasteiger partial charge is 0.444 e. The molecule has 0 radical (unpaired) electrons. The standard InChI is InChI=1S/C17H23ClN4O2/c1-17(2,3)24-16(23)22-7-5-11(6-8-22)13-9-12-14(21(13)4)10-15(18)20-19-12/h9-11H,5-8H2,1-4H3. The quantitative estimate of drug-likeness (QED) is 0.786. The van der Waals surface area contributed by atoms with Crippen molar-refractivity contribution < 1.29 is 9.53 Å². The van der Waals surface area contributed by atoms with Crippen LogP contribution in [0.1, 0.15) is 45.2 Å². The minimum absolute atomic E-state index is 0.226. The van der Waals surface area contributed by atoms with Crippen LogP contribution in [0.15, 0.2) is 12.1 Å². The van der Waals surface area contributed by atoms with Crippen LogP contribution in [0.25, 0.3) is 11.0 Å². The molecule has 24 heavy (non-hydrogen) atoms. The van der Waals surface area contributed by atoms with Crippen LogP contribution in [0.4, 0.5) is 4.79 Å². The third-order valence-electron chi connectivity index (χ3n) is 4.37. The Hall–Kier alpha value is -1.82. The topological polar surface area (TPSA) is 60.2 Å². The second kappa shape index (κ2) is 6.24. The van der Waals surface area contributed by atoms with E-state index in [0.717, 1.165) is 23.9 Å². The minimum atomic E-state index is -0.457. The van der Waals surface area contributed by atoms with Gasteiger partial charge < -0.3 is 14.2 Å². The summed E-state index contributed by atoms with van der Waals surface area (Å²) in [6.45, 7) is 7.07. The zero-order valence-corrected chi connectivity index (χ0v) is 15.3. The maximum Gasteiger partial charge on any atom is 0.410 e. The number of hydrogen-bond donors (Lipinski definition) is 0. The summed E-state index contributed by atoms with van der Waals surface area (Å²) in [5.74, 6) is 0.390. The van der Waals surface area contributed by atoms with Gasteiger partial charge in [0.15, 0.2) is 5.15 Å². The van der Waals surface area contributed by atoms with Gasteiger partial charge >= 0.3 is 6.09 Å². The van der Waals surface area contributed by atoms with Gasteiger partial charge in [-0.2, -0.15) is 0 Å². The number of aryl methyl sites for hydroxylation is 1. The molecule has 0 aromatic carbocycles. The predicted octanol–water partition coefficient (Wildman–Crippen LogP) is 3.74. The van der Waals surface area contributed by atoms with Gasteiger partial charge in [0.25, 0.3) is 0 Å². The number of halogens is 1. The van der Waals surface area contributed by atoms with Gasteiger partial charge in [-0.1, -0.05) is 11.6 Å². The molecule has 2 aromatic rings. The molecule has 3 heterocycles. The van der Waals surface area contributed by atoms with Crippen LogP contribution in [0.3, 0.4) is 0 Å². The molecule has 0 bridgehead atoms. The molecule has 0 unspecified atom stereocenters. The average Bonchev–Trinajstić information content (AvgIpc) is 2.83. The molecular formula is C17H23ClN4O2. The summed E-state index contributed by atoms with van der Waals surface area (Å²) in [6.07, 6.45) is 1.59. The normalized spacial score (nSPS) is 16.6. The number of carbonyl (C=O) groups excluding carboxylic acids is 1. The van der Waals surface area contributed by atoms with Crippen molar-refractivity contribution in [3.05, 3.63) is 23.0 Å². The van der Waals surface area contributed by atoms with E-state index < -0.39 is 5.60 Å². The monoisotopic (exact) mass is 350 g/mol. The number of amides is 1. The highest BCUT2D eigenvalue weighted by Gasteiger charge is 2.29. The zero-order valence-electron chi connectivity index (χ0n) is 14.5. The van der Waals surface area contributed by atoms with E-state index >= 15 is 0 Å². The molecule has 2 aromatic heterocycles. The predicted molar refractivity (Wildman–Crippen MR) is 93.3 cm³/mol. The first-order valence-electron chi connectivity index (χ1n) is 8.21. The number of ether oxygens (including phenoxy) is 1. The Morgan fingerprint density at radius 3 is 2.54 bits per heavy atom. The van der Waals surface area contributed by atoms with Gasteiger partial charge in [0.2, 0.25) is 0 Å². The number of likely N-dealkylation sites (tertiary alicyclic amines) is 1. The van der Waals surface area contributed by atoms with Crippen LogP contribution >= 0.6 is 11.6 Å². The highest BCUT2D eigenvalue weighted by atomic mass is 35.5. The molecule has 130 valence electrons. The Kier molecular flexibility index (Phi) is 4.42. The highest BCUT2D eigenvalue weighted by Crippen LogP contribution is 2.32. The van der Waals surface area contributed by atoms with E-state index in [4.69, 9.17) is 16.3 Å². The van der Waals surface area contributed by atoms with Crippen LogP contribution in [-0.2, 0) is 11.8 Å². The first-order valence-corrected chi connectivity index (χ1v) is 8.59. The molecule has 7 heteroatoms. The second-order valence-electron chi connectivity index (χ2n) is 7.31. The molecule has 1 fully saturated rings. The smallest absolute Gasteiger partial charge is 0.410 e. The third-order valence-corrected chi connectivity index (χ3v) is 4.55. The van der Waals surface area contributed by atoms with Crippen molar-refractivity contribution in [2.24, 2.45) is 7.05 Å². The first kappa shape index (κ1) is 17.0. The molecule has 0 saturated carbocycles. The van der Waals surface area contributed by atoms with Gasteiger partial charge in [0, 0.05) is 37.8 Å². The van der Waals surface area contributed by atoms with Gasteiger partial charge in [0.1, 0.15) is 11.1 Å². The lowest BCUT2D eigenvalue weighted by Gasteiger charge is -2.33. The summed E-state index contributed by atoms with van der Waals surface area (Å²) in [7, 11) is 2.02. The van der Waals surface area contributed by atoms with Crippen molar-refractivity contribution in [1.29, 1.82) is 0 Å². The van der Waals surface area contributed by atoms with E-state index in [2.05, 4.69) is 20.8 Å². The molecule has 0 spiro atoms. The number of nitrogens with zero attached hydrogens (tertiary/aromatic N) is 4. The van der Waals surface area contributed by atoms with E-state index in [1.165, 1.54) is 5.69 Å². The van der Waals surface area contributed by atoms with Gasteiger partial charge in [-0.25, -0.2) is 4.79 Å². The van der Waals surface area contributed by atoms with Gasteiger partial charge in [0.05, 0.1) is 5.52 Å². The van der Waals surface area contributed by atoms with Crippen LogP contribution in [0.5, 0.6) is 0 Å². The Morgan fingerprint density at radius 2 is 1.92 bits per heavy atom. The zero-order chi connectivity index (χ0) is 17.5. The van der Waals surface area contributed by atoms with E-state index in [0.29, 0.717) is 24.2 Å². The van der Waals surface area contributed by atoms with Crippen molar-refractivity contribution in [2.75, 3.05) is 13.1 Å². The van der Waals surface area contributed by atoms with E-state index in [1.54, 1.807) is 4.90 Å². The van der Waals surface area contributed by atoms with Crippen molar-refractivity contribution in [2.45, 2.75) is 45.1 Å². The van der Waals surface area contributed by atoms with Gasteiger partial charge in [-0.15, -0.1) is 10.2 Å². The minimum Gasteiger partial charge on any atom is -0.444 e. The molecule has 0 aliphatic carbocycles. The van der Waals surface area contributed by atoms with Crippen LogP contribution in [0.2, 0.25) is 5.15 Å². The maximum absolute atomic E-state index is 12.2. The molecule has 0 atom stereocenters. The van der Waals surface area contributed by atoms with Crippen molar-refractivity contribution in [3.8, 4) is 0 Å².